The fourth-order valence-electron chi connectivity index (χ4n) is 1.58. The lowest BCUT2D eigenvalue weighted by Gasteiger charge is -2.11. The topological polar surface area (TPSA) is 50.4 Å². The Morgan fingerprint density at radius 1 is 1.32 bits per heavy atom. The quantitative estimate of drug-likeness (QED) is 0.751. The molecule has 0 bridgehead atoms. The number of ether oxygens (including phenoxy) is 1. The van der Waals surface area contributed by atoms with Gasteiger partial charge in [-0.3, -0.25) is 4.79 Å². The van der Waals surface area contributed by atoms with Crippen LogP contribution in [0.4, 0.5) is 0 Å². The van der Waals surface area contributed by atoms with E-state index in [2.05, 4.69) is 10.6 Å². The zero-order chi connectivity index (χ0) is 13.4. The van der Waals surface area contributed by atoms with Crippen LogP contribution in [-0.2, 0) is 11.2 Å². The number of nitrogens with one attached hydrogen (secondary N) is 2. The van der Waals surface area contributed by atoms with Gasteiger partial charge in [0.05, 0.1) is 12.5 Å². The lowest BCUT2D eigenvalue weighted by Crippen LogP contribution is -2.31. The third-order valence-electron chi connectivity index (χ3n) is 2.33. The summed E-state index contributed by atoms with van der Waals surface area (Å²) in [5.74, 6) is 0.845. The Labute approximate surface area is 121 Å². The Hall–Kier alpha value is -1.26. The largest absolute Gasteiger partial charge is 0.491 e. The maximum Gasteiger partial charge on any atom is 0.224 e. The molecule has 0 heterocycles. The summed E-state index contributed by atoms with van der Waals surface area (Å²) < 4.78 is 5.59. The average molecular weight is 287 g/mol. The van der Waals surface area contributed by atoms with Crippen LogP contribution in [0.2, 0.25) is 0 Å². The Bertz CT molecular complexity index is 383. The number of likely N-dealkylation sites (N-methyl/N-ethyl adjacent to an activating group) is 1. The molecule has 5 heteroatoms. The van der Waals surface area contributed by atoms with Gasteiger partial charge in [-0.05, 0) is 38.6 Å². The van der Waals surface area contributed by atoms with Crippen molar-refractivity contribution in [2.45, 2.75) is 26.4 Å². The summed E-state index contributed by atoms with van der Waals surface area (Å²) >= 11 is 0. The fraction of sp³-hybridized carbons (Fsp3) is 0.500. The van der Waals surface area contributed by atoms with E-state index in [9.17, 15) is 4.79 Å². The minimum atomic E-state index is 0. The molecule has 1 rings (SSSR count). The van der Waals surface area contributed by atoms with Gasteiger partial charge >= 0.3 is 0 Å². The van der Waals surface area contributed by atoms with Gasteiger partial charge in [0.15, 0.2) is 0 Å². The van der Waals surface area contributed by atoms with Gasteiger partial charge in [-0.2, -0.15) is 0 Å². The molecule has 1 amide bonds. The summed E-state index contributed by atoms with van der Waals surface area (Å²) in [6, 6.07) is 7.67. The zero-order valence-corrected chi connectivity index (χ0v) is 12.5. The Balaban J connectivity index is 0.00000324. The third-order valence-corrected chi connectivity index (χ3v) is 2.33. The zero-order valence-electron chi connectivity index (χ0n) is 11.7. The van der Waals surface area contributed by atoms with Crippen LogP contribution in [0, 0.1) is 0 Å². The van der Waals surface area contributed by atoms with E-state index in [1.54, 1.807) is 0 Å². The summed E-state index contributed by atoms with van der Waals surface area (Å²) in [5.41, 5.74) is 0.968. The highest BCUT2D eigenvalue weighted by Crippen LogP contribution is 2.15. The number of amides is 1. The van der Waals surface area contributed by atoms with E-state index in [-0.39, 0.29) is 24.4 Å². The van der Waals surface area contributed by atoms with Crippen molar-refractivity contribution >= 4 is 18.3 Å². The highest BCUT2D eigenvalue weighted by atomic mass is 35.5. The number of benzene rings is 1. The first-order valence-electron chi connectivity index (χ1n) is 6.28. The van der Waals surface area contributed by atoms with Crippen LogP contribution < -0.4 is 15.4 Å². The van der Waals surface area contributed by atoms with Gasteiger partial charge in [0, 0.05) is 13.1 Å². The highest BCUT2D eigenvalue weighted by Gasteiger charge is 2.04. The van der Waals surface area contributed by atoms with E-state index in [0.29, 0.717) is 13.0 Å². The van der Waals surface area contributed by atoms with Crippen molar-refractivity contribution in [2.24, 2.45) is 0 Å². The first-order chi connectivity index (χ1) is 8.61. The van der Waals surface area contributed by atoms with Gasteiger partial charge in [-0.25, -0.2) is 0 Å². The Morgan fingerprint density at radius 2 is 2.05 bits per heavy atom. The molecule has 0 atom stereocenters. The molecule has 0 saturated heterocycles. The predicted molar refractivity (Wildman–Crippen MR) is 80.1 cm³/mol. The molecular formula is C14H23ClN2O2. The molecule has 0 spiro atoms. The van der Waals surface area contributed by atoms with E-state index >= 15 is 0 Å². The summed E-state index contributed by atoms with van der Waals surface area (Å²) in [4.78, 5) is 11.6. The molecular weight excluding hydrogens is 264 g/mol. The maximum absolute atomic E-state index is 11.6. The molecule has 0 aliphatic heterocycles. The van der Waals surface area contributed by atoms with Crippen LogP contribution in [0.1, 0.15) is 19.4 Å². The minimum Gasteiger partial charge on any atom is -0.491 e. The van der Waals surface area contributed by atoms with Crippen LogP contribution in [0.25, 0.3) is 0 Å². The number of hydrogen-bond donors (Lipinski definition) is 2. The fourth-order valence-corrected chi connectivity index (χ4v) is 1.58. The minimum absolute atomic E-state index is 0. The average Bonchev–Trinajstić information content (AvgIpc) is 2.28. The maximum atomic E-state index is 11.6. The smallest absolute Gasteiger partial charge is 0.224 e. The van der Waals surface area contributed by atoms with Gasteiger partial charge in [0.1, 0.15) is 5.75 Å². The van der Waals surface area contributed by atoms with Crippen molar-refractivity contribution in [3.8, 4) is 5.75 Å². The molecule has 0 aliphatic carbocycles. The number of hydrogen-bond acceptors (Lipinski definition) is 3. The molecule has 108 valence electrons. The molecule has 0 saturated carbocycles. The normalized spacial score (nSPS) is 9.89. The molecule has 2 N–H and O–H groups in total. The number of carbonyl (C=O) groups excluding carboxylic acids is 1. The van der Waals surface area contributed by atoms with Gasteiger partial charge in [-0.1, -0.05) is 12.1 Å². The van der Waals surface area contributed by atoms with Crippen molar-refractivity contribution in [1.82, 2.24) is 10.6 Å². The first kappa shape index (κ1) is 17.7. The molecule has 19 heavy (non-hydrogen) atoms. The van der Waals surface area contributed by atoms with E-state index < -0.39 is 0 Å². The molecule has 1 aromatic carbocycles. The van der Waals surface area contributed by atoms with Crippen LogP contribution in [0.3, 0.4) is 0 Å². The van der Waals surface area contributed by atoms with Crippen molar-refractivity contribution in [3.05, 3.63) is 29.8 Å². The lowest BCUT2D eigenvalue weighted by atomic mass is 10.1. The van der Waals surface area contributed by atoms with Crippen LogP contribution >= 0.6 is 12.4 Å². The summed E-state index contributed by atoms with van der Waals surface area (Å²) in [7, 11) is 1.86. The van der Waals surface area contributed by atoms with E-state index in [1.807, 2.05) is 45.2 Å². The van der Waals surface area contributed by atoms with E-state index in [1.165, 1.54) is 0 Å². The van der Waals surface area contributed by atoms with Crippen molar-refractivity contribution in [2.75, 3.05) is 20.1 Å². The second-order valence-electron chi connectivity index (χ2n) is 4.44. The lowest BCUT2D eigenvalue weighted by molar-refractivity contribution is -0.120. The summed E-state index contributed by atoms with van der Waals surface area (Å²) in [5, 5.41) is 5.83. The van der Waals surface area contributed by atoms with Crippen LogP contribution in [0.5, 0.6) is 5.75 Å². The second kappa shape index (κ2) is 9.64. The van der Waals surface area contributed by atoms with Crippen LogP contribution in [0.15, 0.2) is 24.3 Å². The van der Waals surface area contributed by atoms with Crippen LogP contribution in [-0.4, -0.2) is 32.1 Å². The van der Waals surface area contributed by atoms with E-state index in [4.69, 9.17) is 4.74 Å². The molecule has 1 aromatic rings. The number of rotatable bonds is 7. The molecule has 0 aliphatic rings. The number of halogens is 1. The number of carbonyl (C=O) groups is 1. The second-order valence-corrected chi connectivity index (χ2v) is 4.44. The van der Waals surface area contributed by atoms with Crippen molar-refractivity contribution in [1.29, 1.82) is 0 Å². The van der Waals surface area contributed by atoms with Gasteiger partial charge in [0.2, 0.25) is 5.91 Å². The standard InChI is InChI=1S/C14H22N2O2.ClH/c1-11(2)18-13-6-4-5-12(9-13)10-14(17)16-8-7-15-3;/h4-6,9,11,15H,7-8,10H2,1-3H3,(H,16,17);1H. The molecule has 0 radical (unpaired) electrons. The predicted octanol–water partition coefficient (Wildman–Crippen LogP) is 1.77. The third kappa shape index (κ3) is 7.70. The molecule has 0 unspecified atom stereocenters. The molecule has 0 aromatic heterocycles. The Kier molecular flexibility index (Phi) is 9.00. The van der Waals surface area contributed by atoms with Crippen molar-refractivity contribution in [3.63, 3.8) is 0 Å². The van der Waals surface area contributed by atoms with Gasteiger partial charge < -0.3 is 15.4 Å². The first-order valence-corrected chi connectivity index (χ1v) is 6.28. The highest BCUT2D eigenvalue weighted by molar-refractivity contribution is 5.85. The molecule has 4 nitrogen and oxygen atoms in total. The van der Waals surface area contributed by atoms with Gasteiger partial charge in [0.25, 0.3) is 0 Å². The van der Waals surface area contributed by atoms with E-state index in [0.717, 1.165) is 17.9 Å². The molecule has 0 fully saturated rings. The summed E-state index contributed by atoms with van der Waals surface area (Å²) in [6.45, 7) is 5.40. The summed E-state index contributed by atoms with van der Waals surface area (Å²) in [6.07, 6.45) is 0.531. The Morgan fingerprint density at radius 3 is 2.68 bits per heavy atom. The monoisotopic (exact) mass is 286 g/mol. The van der Waals surface area contributed by atoms with Crippen molar-refractivity contribution < 1.29 is 9.53 Å². The SMILES string of the molecule is CNCCNC(=O)Cc1cccc(OC(C)C)c1.Cl. The van der Waals surface area contributed by atoms with Gasteiger partial charge in [-0.15, -0.1) is 12.4 Å².